The Bertz CT molecular complexity index is 1090. The van der Waals surface area contributed by atoms with Crippen LogP contribution < -0.4 is 15.1 Å². The van der Waals surface area contributed by atoms with E-state index >= 15 is 0 Å². The van der Waals surface area contributed by atoms with Crippen LogP contribution in [0.2, 0.25) is 0 Å². The molecule has 30 heavy (non-hydrogen) atoms. The summed E-state index contributed by atoms with van der Waals surface area (Å²) < 4.78 is 0. The zero-order valence-electron chi connectivity index (χ0n) is 17.7. The number of rotatable bonds is 4. The molecule has 6 heteroatoms. The van der Waals surface area contributed by atoms with Crippen LogP contribution in [0.5, 0.6) is 0 Å². The first kappa shape index (κ1) is 19.7. The third kappa shape index (κ3) is 4.20. The molecule has 0 bridgehead atoms. The number of anilines is 4. The SMILES string of the molecule is Cc1cc(N2CCN(c3cccc(C)c3C)CC2)nc(Nc2cccc(C#N)c2)n1. The summed E-state index contributed by atoms with van der Waals surface area (Å²) in [5, 5.41) is 12.3. The van der Waals surface area contributed by atoms with Gasteiger partial charge in [-0.2, -0.15) is 10.2 Å². The van der Waals surface area contributed by atoms with E-state index in [0.29, 0.717) is 11.5 Å². The average molecular weight is 399 g/mol. The van der Waals surface area contributed by atoms with Crippen molar-refractivity contribution in [3.8, 4) is 6.07 Å². The predicted molar refractivity (Wildman–Crippen MR) is 122 cm³/mol. The molecule has 1 aromatic heterocycles. The van der Waals surface area contributed by atoms with E-state index in [1.807, 2.05) is 25.1 Å². The maximum Gasteiger partial charge on any atom is 0.229 e. The molecule has 1 N–H and O–H groups in total. The highest BCUT2D eigenvalue weighted by atomic mass is 15.3. The summed E-state index contributed by atoms with van der Waals surface area (Å²) in [6.07, 6.45) is 0. The number of nitrogens with one attached hydrogen (secondary N) is 1. The molecule has 0 saturated carbocycles. The number of benzene rings is 2. The maximum atomic E-state index is 9.10. The molecule has 0 aliphatic carbocycles. The molecule has 1 aliphatic heterocycles. The average Bonchev–Trinajstić information content (AvgIpc) is 2.75. The number of aromatic nitrogens is 2. The summed E-state index contributed by atoms with van der Waals surface area (Å²) in [4.78, 5) is 14.0. The van der Waals surface area contributed by atoms with Crippen molar-refractivity contribution in [3.05, 3.63) is 70.9 Å². The Morgan fingerprint density at radius 1 is 0.900 bits per heavy atom. The van der Waals surface area contributed by atoms with Gasteiger partial charge in [0.25, 0.3) is 0 Å². The second-order valence-electron chi connectivity index (χ2n) is 7.70. The summed E-state index contributed by atoms with van der Waals surface area (Å²) in [5.41, 5.74) is 6.34. The largest absolute Gasteiger partial charge is 0.368 e. The summed E-state index contributed by atoms with van der Waals surface area (Å²) >= 11 is 0. The normalized spacial score (nSPS) is 13.8. The lowest BCUT2D eigenvalue weighted by molar-refractivity contribution is 0.645. The topological polar surface area (TPSA) is 68.1 Å². The second kappa shape index (κ2) is 8.42. The third-order valence-electron chi connectivity index (χ3n) is 5.61. The van der Waals surface area contributed by atoms with E-state index in [2.05, 4.69) is 58.2 Å². The van der Waals surface area contributed by atoms with Gasteiger partial charge in [0.2, 0.25) is 5.95 Å². The fourth-order valence-corrected chi connectivity index (χ4v) is 3.82. The Hall–Kier alpha value is -3.59. The van der Waals surface area contributed by atoms with Crippen LogP contribution in [0.3, 0.4) is 0 Å². The first-order valence-corrected chi connectivity index (χ1v) is 10.2. The number of hydrogen-bond acceptors (Lipinski definition) is 6. The molecule has 4 rings (SSSR count). The van der Waals surface area contributed by atoms with Crippen LogP contribution in [-0.4, -0.2) is 36.1 Å². The molecule has 1 saturated heterocycles. The van der Waals surface area contributed by atoms with Crippen LogP contribution in [0, 0.1) is 32.1 Å². The lowest BCUT2D eigenvalue weighted by atomic mass is 10.1. The number of piperazine rings is 1. The van der Waals surface area contributed by atoms with Gasteiger partial charge in [-0.15, -0.1) is 0 Å². The molecule has 1 aliphatic rings. The van der Waals surface area contributed by atoms with E-state index in [4.69, 9.17) is 10.2 Å². The van der Waals surface area contributed by atoms with Gasteiger partial charge in [0.05, 0.1) is 11.6 Å². The predicted octanol–water partition coefficient (Wildman–Crippen LogP) is 4.34. The Balaban J connectivity index is 1.48. The summed E-state index contributed by atoms with van der Waals surface area (Å²) in [5.74, 6) is 1.49. The molecule has 0 spiro atoms. The van der Waals surface area contributed by atoms with Gasteiger partial charge in [-0.1, -0.05) is 18.2 Å². The van der Waals surface area contributed by atoms with Crippen molar-refractivity contribution < 1.29 is 0 Å². The van der Waals surface area contributed by atoms with Crippen molar-refractivity contribution in [1.29, 1.82) is 5.26 Å². The van der Waals surface area contributed by atoms with Crippen molar-refractivity contribution in [2.24, 2.45) is 0 Å². The highest BCUT2D eigenvalue weighted by Crippen LogP contribution is 2.26. The number of nitrogens with zero attached hydrogens (tertiary/aromatic N) is 5. The van der Waals surface area contributed by atoms with Gasteiger partial charge in [-0.3, -0.25) is 0 Å². The van der Waals surface area contributed by atoms with Gasteiger partial charge in [-0.05, 0) is 56.2 Å². The Kier molecular flexibility index (Phi) is 5.53. The number of nitriles is 1. The highest BCUT2D eigenvalue weighted by Gasteiger charge is 2.20. The van der Waals surface area contributed by atoms with Crippen molar-refractivity contribution in [3.63, 3.8) is 0 Å². The highest BCUT2D eigenvalue weighted by molar-refractivity contribution is 5.59. The number of aryl methyl sites for hydroxylation is 2. The Labute approximate surface area is 177 Å². The summed E-state index contributed by atoms with van der Waals surface area (Å²) in [6, 6.07) is 18.0. The van der Waals surface area contributed by atoms with Crippen LogP contribution >= 0.6 is 0 Å². The molecule has 0 amide bonds. The number of hydrogen-bond donors (Lipinski definition) is 1. The fraction of sp³-hybridized carbons (Fsp3) is 0.292. The molecule has 0 atom stereocenters. The van der Waals surface area contributed by atoms with Gasteiger partial charge in [0.15, 0.2) is 0 Å². The lowest BCUT2D eigenvalue weighted by Crippen LogP contribution is -2.47. The van der Waals surface area contributed by atoms with Crippen LogP contribution in [0.1, 0.15) is 22.4 Å². The molecule has 1 fully saturated rings. The summed E-state index contributed by atoms with van der Waals surface area (Å²) in [7, 11) is 0. The van der Waals surface area contributed by atoms with Crippen LogP contribution in [0.15, 0.2) is 48.5 Å². The zero-order valence-corrected chi connectivity index (χ0v) is 17.7. The minimum Gasteiger partial charge on any atom is -0.368 e. The smallest absolute Gasteiger partial charge is 0.229 e. The van der Waals surface area contributed by atoms with Gasteiger partial charge < -0.3 is 15.1 Å². The molecular formula is C24H26N6. The van der Waals surface area contributed by atoms with Crippen LogP contribution in [0.25, 0.3) is 0 Å². The molecule has 6 nitrogen and oxygen atoms in total. The zero-order chi connectivity index (χ0) is 21.1. The molecule has 2 heterocycles. The minimum absolute atomic E-state index is 0.553. The van der Waals surface area contributed by atoms with E-state index in [9.17, 15) is 0 Å². The van der Waals surface area contributed by atoms with Crippen molar-refractivity contribution in [2.45, 2.75) is 20.8 Å². The molecule has 0 radical (unpaired) electrons. The lowest BCUT2D eigenvalue weighted by Gasteiger charge is -2.37. The summed E-state index contributed by atoms with van der Waals surface area (Å²) in [6.45, 7) is 10.1. The van der Waals surface area contributed by atoms with E-state index in [1.165, 1.54) is 16.8 Å². The van der Waals surface area contributed by atoms with Gasteiger partial charge in [0, 0.05) is 49.3 Å². The minimum atomic E-state index is 0.553. The van der Waals surface area contributed by atoms with E-state index in [-0.39, 0.29) is 0 Å². The standard InChI is InChI=1S/C24H26N6/c1-17-6-4-9-22(19(17)3)29-10-12-30(13-11-29)23-14-18(2)26-24(28-23)27-21-8-5-7-20(15-21)16-25/h4-9,14-15H,10-13H2,1-3H3,(H,26,27,28). The molecule has 2 aromatic carbocycles. The van der Waals surface area contributed by atoms with Gasteiger partial charge in [0.1, 0.15) is 5.82 Å². The maximum absolute atomic E-state index is 9.10. The molecule has 0 unspecified atom stereocenters. The fourth-order valence-electron chi connectivity index (χ4n) is 3.82. The van der Waals surface area contributed by atoms with E-state index in [0.717, 1.165) is 43.4 Å². The second-order valence-corrected chi connectivity index (χ2v) is 7.70. The quantitative estimate of drug-likeness (QED) is 0.705. The van der Waals surface area contributed by atoms with Crippen LogP contribution in [0.4, 0.5) is 23.1 Å². The molecule has 3 aromatic rings. The van der Waals surface area contributed by atoms with Gasteiger partial charge >= 0.3 is 0 Å². The third-order valence-corrected chi connectivity index (χ3v) is 5.61. The van der Waals surface area contributed by atoms with E-state index < -0.39 is 0 Å². The van der Waals surface area contributed by atoms with Crippen molar-refractivity contribution in [2.75, 3.05) is 41.3 Å². The van der Waals surface area contributed by atoms with Crippen molar-refractivity contribution >= 4 is 23.1 Å². The molecule has 152 valence electrons. The van der Waals surface area contributed by atoms with Crippen molar-refractivity contribution in [1.82, 2.24) is 9.97 Å². The first-order valence-electron chi connectivity index (χ1n) is 10.2. The molecular weight excluding hydrogens is 372 g/mol. The Morgan fingerprint density at radius 3 is 2.40 bits per heavy atom. The first-order chi connectivity index (χ1) is 14.5. The monoisotopic (exact) mass is 398 g/mol. The van der Waals surface area contributed by atoms with E-state index in [1.54, 1.807) is 12.1 Å². The van der Waals surface area contributed by atoms with Crippen LogP contribution in [-0.2, 0) is 0 Å². The van der Waals surface area contributed by atoms with Gasteiger partial charge in [-0.25, -0.2) is 4.98 Å². The Morgan fingerprint density at radius 2 is 1.63 bits per heavy atom.